The number of nitrogens with one attached hydrogen (secondary N) is 1. The lowest BCUT2D eigenvalue weighted by molar-refractivity contribution is -0.115. The fourth-order valence-corrected chi connectivity index (χ4v) is 3.47. The Morgan fingerprint density at radius 1 is 1.06 bits per heavy atom. The van der Waals surface area contributed by atoms with Crippen molar-refractivity contribution >= 4 is 17.3 Å². The van der Waals surface area contributed by atoms with Crippen LogP contribution in [-0.4, -0.2) is 15.9 Å². The van der Waals surface area contributed by atoms with Crippen molar-refractivity contribution in [3.8, 4) is 11.1 Å². The van der Waals surface area contributed by atoms with Crippen LogP contribution in [0.3, 0.4) is 0 Å². The van der Waals surface area contributed by atoms with Crippen LogP contribution in [0, 0.1) is 12.7 Å². The van der Waals surface area contributed by atoms with Gasteiger partial charge in [0.05, 0.1) is 12.1 Å². The quantitative estimate of drug-likeness (QED) is 0.434. The van der Waals surface area contributed by atoms with Crippen molar-refractivity contribution < 1.29 is 9.18 Å². The number of nitrogens with zero attached hydrogens (tertiary/aromatic N) is 2. The average Bonchev–Trinajstić information content (AvgIpc) is 2.74. The van der Waals surface area contributed by atoms with Gasteiger partial charge in [-0.2, -0.15) is 0 Å². The summed E-state index contributed by atoms with van der Waals surface area (Å²) in [5.41, 5.74) is 6.64. The van der Waals surface area contributed by atoms with Gasteiger partial charge in [-0.25, -0.2) is 9.37 Å². The van der Waals surface area contributed by atoms with Gasteiger partial charge in [0.1, 0.15) is 11.6 Å². The van der Waals surface area contributed by atoms with Gasteiger partial charge in [-0.15, -0.1) is 0 Å². The first-order valence-electron chi connectivity index (χ1n) is 10.7. The number of carbonyl (C=O) groups excluding carboxylic acids is 1. The molecule has 0 fully saturated rings. The van der Waals surface area contributed by atoms with Gasteiger partial charge in [0.15, 0.2) is 0 Å². The molecule has 0 aliphatic heterocycles. The van der Waals surface area contributed by atoms with Crippen LogP contribution >= 0.6 is 0 Å². The standard InChI is InChI=1S/C27H28FN3O/c1-5-7-22(12-18(2)3)27-19(4)13-20(16-30-27)14-26(32)31-25-11-10-23(17-29-25)21-8-6-9-24(28)15-21/h6-13,15-17H,5,14H2,1-4H3,(H,29,31,32)/b22-7+. The highest BCUT2D eigenvalue weighted by Gasteiger charge is 2.10. The molecule has 0 bridgehead atoms. The highest BCUT2D eigenvalue weighted by atomic mass is 19.1. The van der Waals surface area contributed by atoms with E-state index in [0.29, 0.717) is 5.82 Å². The van der Waals surface area contributed by atoms with Gasteiger partial charge in [-0.05, 0) is 73.7 Å². The smallest absolute Gasteiger partial charge is 0.230 e. The van der Waals surface area contributed by atoms with E-state index in [9.17, 15) is 9.18 Å². The van der Waals surface area contributed by atoms with E-state index in [1.54, 1.807) is 24.5 Å². The molecular formula is C27H28FN3O. The van der Waals surface area contributed by atoms with Crippen molar-refractivity contribution in [2.45, 2.75) is 40.5 Å². The Balaban J connectivity index is 1.68. The third kappa shape index (κ3) is 6.20. The third-order valence-corrected chi connectivity index (χ3v) is 4.83. The van der Waals surface area contributed by atoms with Crippen LogP contribution in [0.4, 0.5) is 10.2 Å². The number of aryl methyl sites for hydroxylation is 1. The number of aromatic nitrogens is 2. The molecule has 0 saturated carbocycles. The first-order valence-corrected chi connectivity index (χ1v) is 10.7. The molecule has 5 heteroatoms. The largest absolute Gasteiger partial charge is 0.310 e. The molecule has 3 rings (SSSR count). The zero-order chi connectivity index (χ0) is 23.1. The first kappa shape index (κ1) is 23.1. The molecule has 4 nitrogen and oxygen atoms in total. The molecule has 0 radical (unpaired) electrons. The molecule has 0 aliphatic rings. The van der Waals surface area contributed by atoms with Gasteiger partial charge < -0.3 is 5.32 Å². The van der Waals surface area contributed by atoms with Crippen LogP contribution in [0.5, 0.6) is 0 Å². The van der Waals surface area contributed by atoms with Crippen LogP contribution in [0.15, 0.2) is 72.6 Å². The molecule has 1 N–H and O–H groups in total. The SMILES string of the molecule is CC/C=C(\C=C(C)C)c1ncc(CC(=O)Nc2ccc(-c3cccc(F)c3)cn2)cc1C. The molecule has 32 heavy (non-hydrogen) atoms. The molecule has 1 aromatic carbocycles. The van der Waals surface area contributed by atoms with Gasteiger partial charge >= 0.3 is 0 Å². The second kappa shape index (κ2) is 10.6. The number of carbonyl (C=O) groups is 1. The molecule has 0 spiro atoms. The summed E-state index contributed by atoms with van der Waals surface area (Å²) in [6, 6.07) is 11.8. The van der Waals surface area contributed by atoms with Crippen LogP contribution in [0.2, 0.25) is 0 Å². The van der Waals surface area contributed by atoms with E-state index < -0.39 is 0 Å². The third-order valence-electron chi connectivity index (χ3n) is 4.83. The van der Waals surface area contributed by atoms with Crippen molar-refractivity contribution in [2.24, 2.45) is 0 Å². The molecular weight excluding hydrogens is 401 g/mol. The summed E-state index contributed by atoms with van der Waals surface area (Å²) in [5, 5.41) is 2.81. The molecule has 164 valence electrons. The van der Waals surface area contributed by atoms with E-state index in [2.05, 4.69) is 48.2 Å². The number of allylic oxidation sites excluding steroid dienone is 4. The fraction of sp³-hybridized carbons (Fsp3) is 0.222. The fourth-order valence-electron chi connectivity index (χ4n) is 3.47. The molecule has 1 amide bonds. The Labute approximate surface area is 188 Å². The van der Waals surface area contributed by atoms with Crippen molar-refractivity contribution in [1.82, 2.24) is 9.97 Å². The summed E-state index contributed by atoms with van der Waals surface area (Å²) in [4.78, 5) is 21.4. The number of hydrogen-bond acceptors (Lipinski definition) is 3. The maximum Gasteiger partial charge on any atom is 0.230 e. The van der Waals surface area contributed by atoms with Crippen LogP contribution in [0.25, 0.3) is 16.7 Å². The average molecular weight is 430 g/mol. The van der Waals surface area contributed by atoms with Crippen LogP contribution in [-0.2, 0) is 11.2 Å². The lowest BCUT2D eigenvalue weighted by Gasteiger charge is -2.10. The second-order valence-electron chi connectivity index (χ2n) is 7.97. The van der Waals surface area contributed by atoms with Gasteiger partial charge in [0, 0.05) is 18.0 Å². The van der Waals surface area contributed by atoms with Gasteiger partial charge in [-0.3, -0.25) is 9.78 Å². The molecule has 0 atom stereocenters. The minimum atomic E-state index is -0.298. The van der Waals surface area contributed by atoms with E-state index in [4.69, 9.17) is 0 Å². The van der Waals surface area contributed by atoms with Crippen LogP contribution in [0.1, 0.15) is 44.0 Å². The lowest BCUT2D eigenvalue weighted by Crippen LogP contribution is -2.15. The van der Waals surface area contributed by atoms with Crippen molar-refractivity contribution in [3.05, 3.63) is 95.2 Å². The van der Waals surface area contributed by atoms with Crippen molar-refractivity contribution in [2.75, 3.05) is 5.32 Å². The highest BCUT2D eigenvalue weighted by Crippen LogP contribution is 2.22. The second-order valence-corrected chi connectivity index (χ2v) is 7.97. The molecule has 0 aliphatic carbocycles. The number of pyridine rings is 2. The van der Waals surface area contributed by atoms with Gasteiger partial charge in [0.2, 0.25) is 5.91 Å². The number of halogens is 1. The van der Waals surface area contributed by atoms with E-state index in [1.165, 1.54) is 17.7 Å². The number of benzene rings is 1. The van der Waals surface area contributed by atoms with E-state index in [1.807, 2.05) is 25.1 Å². The molecule has 0 unspecified atom stereocenters. The normalized spacial score (nSPS) is 11.2. The summed E-state index contributed by atoms with van der Waals surface area (Å²) < 4.78 is 13.4. The minimum absolute atomic E-state index is 0.168. The van der Waals surface area contributed by atoms with Crippen molar-refractivity contribution in [1.29, 1.82) is 0 Å². The zero-order valence-corrected chi connectivity index (χ0v) is 18.9. The first-order chi connectivity index (χ1) is 15.4. The maximum absolute atomic E-state index is 13.4. The lowest BCUT2D eigenvalue weighted by atomic mass is 10.0. The highest BCUT2D eigenvalue weighted by molar-refractivity contribution is 5.91. The van der Waals surface area contributed by atoms with Gasteiger partial charge in [0.25, 0.3) is 0 Å². The van der Waals surface area contributed by atoms with E-state index >= 15 is 0 Å². The Hall–Kier alpha value is -3.60. The summed E-state index contributed by atoms with van der Waals surface area (Å²) in [6.07, 6.45) is 8.80. The van der Waals surface area contributed by atoms with Crippen LogP contribution < -0.4 is 5.32 Å². The number of hydrogen-bond donors (Lipinski definition) is 1. The van der Waals surface area contributed by atoms with Gasteiger partial charge in [-0.1, -0.05) is 42.8 Å². The Morgan fingerprint density at radius 3 is 2.50 bits per heavy atom. The molecule has 0 saturated heterocycles. The number of rotatable bonds is 7. The number of amides is 1. The summed E-state index contributed by atoms with van der Waals surface area (Å²) in [7, 11) is 0. The predicted molar refractivity (Wildman–Crippen MR) is 129 cm³/mol. The Kier molecular flexibility index (Phi) is 7.66. The van der Waals surface area contributed by atoms with E-state index in [0.717, 1.165) is 39.9 Å². The Morgan fingerprint density at radius 2 is 1.88 bits per heavy atom. The predicted octanol–water partition coefficient (Wildman–Crippen LogP) is 6.53. The summed E-state index contributed by atoms with van der Waals surface area (Å²) in [5.74, 6) is -0.0142. The van der Waals surface area contributed by atoms with Crippen molar-refractivity contribution in [3.63, 3.8) is 0 Å². The Bertz CT molecular complexity index is 1160. The summed E-state index contributed by atoms with van der Waals surface area (Å²) in [6.45, 7) is 8.25. The molecule has 2 aromatic heterocycles. The molecule has 3 aromatic rings. The number of anilines is 1. The maximum atomic E-state index is 13.4. The topological polar surface area (TPSA) is 54.9 Å². The van der Waals surface area contributed by atoms with E-state index in [-0.39, 0.29) is 18.1 Å². The zero-order valence-electron chi connectivity index (χ0n) is 18.9. The summed E-state index contributed by atoms with van der Waals surface area (Å²) >= 11 is 0. The molecule has 2 heterocycles. The minimum Gasteiger partial charge on any atom is -0.310 e. The monoisotopic (exact) mass is 429 g/mol.